The summed E-state index contributed by atoms with van der Waals surface area (Å²) in [4.78, 5) is 12.1. The SMILES string of the molecule is Nn1c(N/N=C/c2ccco2)nnc1SCC(=O)Nc1cc(Cl)ccc1Cl. The van der Waals surface area contributed by atoms with Gasteiger partial charge in [-0.25, -0.2) is 10.1 Å². The van der Waals surface area contributed by atoms with Gasteiger partial charge in [-0.15, -0.1) is 10.2 Å². The van der Waals surface area contributed by atoms with Crippen molar-refractivity contribution in [2.24, 2.45) is 5.10 Å². The fourth-order valence-corrected chi connectivity index (χ4v) is 2.87. The number of furan rings is 1. The van der Waals surface area contributed by atoms with Crippen LogP contribution in [-0.2, 0) is 4.79 Å². The minimum absolute atomic E-state index is 0.0494. The van der Waals surface area contributed by atoms with Crippen LogP contribution in [0, 0.1) is 0 Å². The Labute approximate surface area is 167 Å². The van der Waals surface area contributed by atoms with Crippen molar-refractivity contribution in [3.63, 3.8) is 0 Å². The molecule has 0 aliphatic carbocycles. The van der Waals surface area contributed by atoms with Crippen LogP contribution in [0.2, 0.25) is 10.0 Å². The highest BCUT2D eigenvalue weighted by atomic mass is 35.5. The van der Waals surface area contributed by atoms with E-state index in [0.717, 1.165) is 11.8 Å². The number of halogens is 2. The van der Waals surface area contributed by atoms with Crippen LogP contribution in [0.3, 0.4) is 0 Å². The molecular weight excluding hydrogens is 413 g/mol. The zero-order valence-corrected chi connectivity index (χ0v) is 15.9. The number of aromatic nitrogens is 3. The highest BCUT2D eigenvalue weighted by molar-refractivity contribution is 7.99. The summed E-state index contributed by atoms with van der Waals surface area (Å²) in [5.74, 6) is 6.42. The number of rotatable bonds is 7. The second-order valence-corrected chi connectivity index (χ2v) is 6.81. The zero-order valence-electron chi connectivity index (χ0n) is 13.6. The first kappa shape index (κ1) is 19.1. The van der Waals surface area contributed by atoms with Crippen molar-refractivity contribution in [3.8, 4) is 0 Å². The molecule has 9 nitrogen and oxygen atoms in total. The molecule has 2 heterocycles. The quantitative estimate of drug-likeness (QED) is 0.230. The number of nitrogens with zero attached hydrogens (tertiary/aromatic N) is 4. The van der Waals surface area contributed by atoms with Gasteiger partial charge in [-0.3, -0.25) is 4.79 Å². The second-order valence-electron chi connectivity index (χ2n) is 5.02. The monoisotopic (exact) mass is 425 g/mol. The molecule has 12 heteroatoms. The molecule has 3 rings (SSSR count). The molecule has 1 amide bonds. The molecule has 0 unspecified atom stereocenters. The van der Waals surface area contributed by atoms with Crippen LogP contribution in [-0.4, -0.2) is 32.7 Å². The summed E-state index contributed by atoms with van der Waals surface area (Å²) in [5, 5.41) is 15.6. The fraction of sp³-hybridized carbons (Fsp3) is 0.0667. The molecule has 0 radical (unpaired) electrons. The third-order valence-electron chi connectivity index (χ3n) is 3.10. The van der Waals surface area contributed by atoms with Gasteiger partial charge in [0.1, 0.15) is 5.76 Å². The fourth-order valence-electron chi connectivity index (χ4n) is 1.88. The van der Waals surface area contributed by atoms with Crippen molar-refractivity contribution < 1.29 is 9.21 Å². The molecule has 4 N–H and O–H groups in total. The van der Waals surface area contributed by atoms with Gasteiger partial charge in [0, 0.05) is 5.02 Å². The van der Waals surface area contributed by atoms with Crippen molar-refractivity contribution in [2.45, 2.75) is 5.16 Å². The van der Waals surface area contributed by atoms with Gasteiger partial charge in [-0.05, 0) is 30.3 Å². The molecule has 1 aromatic carbocycles. The molecule has 0 saturated heterocycles. The maximum atomic E-state index is 12.1. The number of nitrogen functional groups attached to an aromatic ring is 1. The first-order chi connectivity index (χ1) is 13.0. The second kappa shape index (κ2) is 8.80. The highest BCUT2D eigenvalue weighted by Crippen LogP contribution is 2.26. The molecular formula is C15H13Cl2N7O2S. The summed E-state index contributed by atoms with van der Waals surface area (Å²) >= 11 is 13.0. The van der Waals surface area contributed by atoms with E-state index >= 15 is 0 Å². The van der Waals surface area contributed by atoms with Gasteiger partial charge < -0.3 is 15.6 Å². The van der Waals surface area contributed by atoms with Gasteiger partial charge in [0.05, 0.1) is 28.9 Å². The number of hydrazone groups is 1. The topological polar surface area (TPSA) is 123 Å². The summed E-state index contributed by atoms with van der Waals surface area (Å²) in [7, 11) is 0. The number of hydrogen-bond acceptors (Lipinski definition) is 8. The molecule has 0 fully saturated rings. The van der Waals surface area contributed by atoms with E-state index in [9.17, 15) is 4.79 Å². The van der Waals surface area contributed by atoms with Crippen molar-refractivity contribution in [2.75, 3.05) is 22.3 Å². The van der Waals surface area contributed by atoms with Gasteiger partial charge in [0.2, 0.25) is 11.1 Å². The summed E-state index contributed by atoms with van der Waals surface area (Å²) in [6.45, 7) is 0. The van der Waals surface area contributed by atoms with Crippen LogP contribution >= 0.6 is 35.0 Å². The average Bonchev–Trinajstić information content (AvgIpc) is 3.27. The van der Waals surface area contributed by atoms with E-state index in [0.29, 0.717) is 26.6 Å². The van der Waals surface area contributed by atoms with E-state index in [4.69, 9.17) is 33.5 Å². The van der Waals surface area contributed by atoms with E-state index in [1.807, 2.05) is 0 Å². The number of nitrogens with two attached hydrogens (primary N) is 1. The number of nitrogens with one attached hydrogen (secondary N) is 2. The van der Waals surface area contributed by atoms with Crippen molar-refractivity contribution in [1.82, 2.24) is 14.9 Å². The molecule has 2 aromatic heterocycles. The minimum atomic E-state index is -0.294. The molecule has 0 aliphatic rings. The van der Waals surface area contributed by atoms with Crippen LogP contribution in [0.25, 0.3) is 0 Å². The Bertz CT molecular complexity index is 959. The lowest BCUT2D eigenvalue weighted by Gasteiger charge is -2.07. The highest BCUT2D eigenvalue weighted by Gasteiger charge is 2.13. The first-order valence-corrected chi connectivity index (χ1v) is 9.18. The Morgan fingerprint density at radius 1 is 1.37 bits per heavy atom. The van der Waals surface area contributed by atoms with Crippen LogP contribution in [0.15, 0.2) is 51.3 Å². The number of amides is 1. The summed E-state index contributed by atoms with van der Waals surface area (Å²) < 4.78 is 6.29. The van der Waals surface area contributed by atoms with Crippen LogP contribution in [0.1, 0.15) is 5.76 Å². The molecule has 27 heavy (non-hydrogen) atoms. The van der Waals surface area contributed by atoms with E-state index in [1.54, 1.807) is 30.3 Å². The number of carbonyl (C=O) groups excluding carboxylic acids is 1. The largest absolute Gasteiger partial charge is 0.463 e. The number of hydrogen-bond donors (Lipinski definition) is 3. The number of carbonyl (C=O) groups is 1. The Morgan fingerprint density at radius 3 is 3.00 bits per heavy atom. The van der Waals surface area contributed by atoms with Gasteiger partial charge >= 0.3 is 0 Å². The van der Waals surface area contributed by atoms with Gasteiger partial charge in [0.15, 0.2) is 0 Å². The predicted octanol–water partition coefficient (Wildman–Crippen LogP) is 3.07. The Balaban J connectivity index is 1.54. The number of benzene rings is 1. The summed E-state index contributed by atoms with van der Waals surface area (Å²) in [6.07, 6.45) is 2.99. The molecule has 0 spiro atoms. The van der Waals surface area contributed by atoms with E-state index < -0.39 is 0 Å². The smallest absolute Gasteiger partial charge is 0.264 e. The van der Waals surface area contributed by atoms with Crippen LogP contribution < -0.4 is 16.6 Å². The van der Waals surface area contributed by atoms with Gasteiger partial charge in [-0.2, -0.15) is 5.10 Å². The standard InChI is InChI=1S/C15H13Cl2N7O2S/c16-9-3-4-11(17)12(6-9)20-13(25)8-27-15-23-22-14(24(15)18)21-19-7-10-2-1-5-26-10/h1-7H,8,18H2,(H,20,25)(H,21,22)/b19-7+. The van der Waals surface area contributed by atoms with Gasteiger partial charge in [0.25, 0.3) is 5.95 Å². The third kappa shape index (κ3) is 5.16. The molecule has 3 aromatic rings. The lowest BCUT2D eigenvalue weighted by Crippen LogP contribution is -2.17. The molecule has 0 aliphatic heterocycles. The van der Waals surface area contributed by atoms with E-state index in [2.05, 4.69) is 26.0 Å². The van der Waals surface area contributed by atoms with Crippen molar-refractivity contribution in [3.05, 3.63) is 52.4 Å². The third-order valence-corrected chi connectivity index (χ3v) is 4.61. The molecule has 0 atom stereocenters. The molecule has 0 bridgehead atoms. The normalized spacial score (nSPS) is 11.0. The number of anilines is 2. The first-order valence-electron chi connectivity index (χ1n) is 7.43. The molecule has 0 saturated carbocycles. The zero-order chi connectivity index (χ0) is 19.2. The van der Waals surface area contributed by atoms with Crippen LogP contribution in [0.4, 0.5) is 11.6 Å². The lowest BCUT2D eigenvalue weighted by atomic mass is 10.3. The van der Waals surface area contributed by atoms with Gasteiger partial charge in [-0.1, -0.05) is 35.0 Å². The predicted molar refractivity (Wildman–Crippen MR) is 106 cm³/mol. The Kier molecular flexibility index (Phi) is 6.22. The molecule has 140 valence electrons. The summed E-state index contributed by atoms with van der Waals surface area (Å²) in [5.41, 5.74) is 3.07. The maximum Gasteiger partial charge on any atom is 0.264 e. The van der Waals surface area contributed by atoms with Crippen LogP contribution in [0.5, 0.6) is 0 Å². The number of thioether (sulfide) groups is 1. The average molecular weight is 426 g/mol. The Hall–Kier alpha value is -2.69. The lowest BCUT2D eigenvalue weighted by molar-refractivity contribution is -0.113. The minimum Gasteiger partial charge on any atom is -0.463 e. The maximum absolute atomic E-state index is 12.1. The Morgan fingerprint density at radius 2 is 2.22 bits per heavy atom. The summed E-state index contributed by atoms with van der Waals surface area (Å²) in [6, 6.07) is 8.28. The van der Waals surface area contributed by atoms with E-state index in [-0.39, 0.29) is 17.6 Å². The van der Waals surface area contributed by atoms with E-state index in [1.165, 1.54) is 17.2 Å². The van der Waals surface area contributed by atoms with Crippen molar-refractivity contribution >= 4 is 58.7 Å². The van der Waals surface area contributed by atoms with Crippen molar-refractivity contribution in [1.29, 1.82) is 0 Å².